The van der Waals surface area contributed by atoms with E-state index in [0.29, 0.717) is 6.42 Å². The molecule has 0 saturated carbocycles. The number of halogens is 1. The lowest BCUT2D eigenvalue weighted by Gasteiger charge is -2.11. The van der Waals surface area contributed by atoms with Crippen LogP contribution in [0, 0.1) is 0 Å². The van der Waals surface area contributed by atoms with Crippen molar-refractivity contribution in [2.45, 2.75) is 19.8 Å². The van der Waals surface area contributed by atoms with Gasteiger partial charge in [0, 0.05) is 10.2 Å². The minimum absolute atomic E-state index is 0.0502. The topological polar surface area (TPSA) is 32.7 Å². The minimum Gasteiger partial charge on any atom is -0.272 e. The number of anilines is 1. The molecule has 1 aromatic rings. The molecule has 0 radical (unpaired) electrons. The van der Waals surface area contributed by atoms with Crippen LogP contribution in [0.3, 0.4) is 0 Å². The molecule has 0 aliphatic carbocycles. The van der Waals surface area contributed by atoms with Crippen LogP contribution in [-0.2, 0) is 4.79 Å². The van der Waals surface area contributed by atoms with Crippen LogP contribution in [0.25, 0.3) is 0 Å². The zero-order chi connectivity index (χ0) is 10.8. The Morgan fingerprint density at radius 2 is 2.07 bits per heavy atom. The lowest BCUT2D eigenvalue weighted by atomic mass is 10.2. The molecule has 1 aliphatic rings. The van der Waals surface area contributed by atoms with Gasteiger partial charge < -0.3 is 0 Å². The Labute approximate surface area is 96.9 Å². The van der Waals surface area contributed by atoms with Crippen molar-refractivity contribution in [1.82, 2.24) is 0 Å². The lowest BCUT2D eigenvalue weighted by Crippen LogP contribution is -2.19. The number of carbonyl (C=O) groups excluding carboxylic acids is 1. The smallest absolute Gasteiger partial charge is 0.253 e. The highest BCUT2D eigenvalue weighted by Crippen LogP contribution is 2.23. The summed E-state index contributed by atoms with van der Waals surface area (Å²) < 4.78 is 0.998. The molecule has 78 valence electrons. The van der Waals surface area contributed by atoms with Gasteiger partial charge in [-0.1, -0.05) is 22.9 Å². The monoisotopic (exact) mass is 266 g/mol. The third kappa shape index (κ3) is 2.09. The summed E-state index contributed by atoms with van der Waals surface area (Å²) in [6.45, 7) is 2.01. The second-order valence-corrected chi connectivity index (χ2v) is 4.29. The first-order valence-corrected chi connectivity index (χ1v) is 5.65. The van der Waals surface area contributed by atoms with E-state index in [9.17, 15) is 4.79 Å². The van der Waals surface area contributed by atoms with Crippen molar-refractivity contribution in [3.63, 3.8) is 0 Å². The number of rotatable bonds is 2. The van der Waals surface area contributed by atoms with Crippen LogP contribution >= 0.6 is 15.9 Å². The number of amides is 1. The van der Waals surface area contributed by atoms with E-state index in [-0.39, 0.29) is 5.91 Å². The summed E-state index contributed by atoms with van der Waals surface area (Å²) in [4.78, 5) is 11.6. The van der Waals surface area contributed by atoms with E-state index in [0.717, 1.165) is 22.3 Å². The first-order valence-electron chi connectivity index (χ1n) is 4.85. The third-order valence-corrected chi connectivity index (χ3v) is 2.84. The van der Waals surface area contributed by atoms with E-state index >= 15 is 0 Å². The van der Waals surface area contributed by atoms with Crippen LogP contribution in [-0.4, -0.2) is 11.6 Å². The quantitative estimate of drug-likeness (QED) is 0.810. The normalized spacial score (nSPS) is 15.7. The molecule has 3 nitrogen and oxygen atoms in total. The highest BCUT2D eigenvalue weighted by atomic mass is 79.9. The van der Waals surface area contributed by atoms with Crippen molar-refractivity contribution in [2.75, 3.05) is 5.01 Å². The SMILES string of the molecule is CCC1=NN(c2ccc(Br)cc2)C(=O)C1. The predicted octanol–water partition coefficient (Wildman–Crippen LogP) is 2.95. The Bertz CT molecular complexity index is 411. The van der Waals surface area contributed by atoms with E-state index in [1.165, 1.54) is 5.01 Å². The molecule has 0 bridgehead atoms. The molecule has 0 aromatic heterocycles. The Kier molecular flexibility index (Phi) is 2.86. The van der Waals surface area contributed by atoms with Crippen LogP contribution in [0.15, 0.2) is 33.8 Å². The van der Waals surface area contributed by atoms with Crippen LogP contribution in [0.5, 0.6) is 0 Å². The van der Waals surface area contributed by atoms with Gasteiger partial charge in [0.05, 0.1) is 12.1 Å². The van der Waals surface area contributed by atoms with Gasteiger partial charge in [0.25, 0.3) is 5.91 Å². The molecule has 0 atom stereocenters. The molecule has 1 aliphatic heterocycles. The standard InChI is InChI=1S/C11H11BrN2O/c1-2-9-7-11(15)14(13-9)10-5-3-8(12)4-6-10/h3-6H,2,7H2,1H3. The maximum atomic E-state index is 11.6. The molecule has 15 heavy (non-hydrogen) atoms. The number of hydrogen-bond donors (Lipinski definition) is 0. The average molecular weight is 267 g/mol. The molecule has 2 rings (SSSR count). The van der Waals surface area contributed by atoms with Gasteiger partial charge in [-0.05, 0) is 30.7 Å². The van der Waals surface area contributed by atoms with Crippen LogP contribution < -0.4 is 5.01 Å². The first kappa shape index (κ1) is 10.4. The summed E-state index contributed by atoms with van der Waals surface area (Å²) >= 11 is 3.36. The molecule has 1 heterocycles. The first-order chi connectivity index (χ1) is 7.20. The molecule has 4 heteroatoms. The second-order valence-electron chi connectivity index (χ2n) is 3.38. The number of hydrogen-bond acceptors (Lipinski definition) is 2. The molecule has 0 unspecified atom stereocenters. The molecule has 0 fully saturated rings. The predicted molar refractivity (Wildman–Crippen MR) is 64.0 cm³/mol. The van der Waals surface area contributed by atoms with Crippen LogP contribution in [0.1, 0.15) is 19.8 Å². The summed E-state index contributed by atoms with van der Waals surface area (Å²) in [6, 6.07) is 7.57. The molecular weight excluding hydrogens is 256 g/mol. The number of benzene rings is 1. The zero-order valence-electron chi connectivity index (χ0n) is 8.40. The summed E-state index contributed by atoms with van der Waals surface area (Å²) in [7, 11) is 0. The highest BCUT2D eigenvalue weighted by molar-refractivity contribution is 9.10. The number of nitrogens with zero attached hydrogens (tertiary/aromatic N) is 2. The zero-order valence-corrected chi connectivity index (χ0v) is 9.99. The van der Waals surface area contributed by atoms with Crippen LogP contribution in [0.4, 0.5) is 5.69 Å². The van der Waals surface area contributed by atoms with E-state index in [1.54, 1.807) is 0 Å². The maximum Gasteiger partial charge on any atom is 0.253 e. The summed E-state index contributed by atoms with van der Waals surface area (Å²) in [5, 5.41) is 5.75. The van der Waals surface area contributed by atoms with Crippen molar-refractivity contribution in [1.29, 1.82) is 0 Å². The molecule has 0 spiro atoms. The van der Waals surface area contributed by atoms with E-state index in [2.05, 4.69) is 21.0 Å². The summed E-state index contributed by atoms with van der Waals surface area (Å²) in [6.07, 6.45) is 1.28. The van der Waals surface area contributed by atoms with Crippen molar-refractivity contribution in [2.24, 2.45) is 5.10 Å². The van der Waals surface area contributed by atoms with Gasteiger partial charge in [-0.25, -0.2) is 5.01 Å². The van der Waals surface area contributed by atoms with E-state index in [1.807, 2.05) is 31.2 Å². The van der Waals surface area contributed by atoms with Gasteiger partial charge in [0.1, 0.15) is 0 Å². The lowest BCUT2D eigenvalue weighted by molar-refractivity contribution is -0.116. The summed E-state index contributed by atoms with van der Waals surface area (Å²) in [5.41, 5.74) is 1.77. The fourth-order valence-electron chi connectivity index (χ4n) is 1.46. The van der Waals surface area contributed by atoms with E-state index < -0.39 is 0 Å². The summed E-state index contributed by atoms with van der Waals surface area (Å²) in [5.74, 6) is 0.0502. The van der Waals surface area contributed by atoms with Crippen LogP contribution in [0.2, 0.25) is 0 Å². The Hall–Kier alpha value is -1.16. The Morgan fingerprint density at radius 3 is 2.60 bits per heavy atom. The Balaban J connectivity index is 2.28. The Morgan fingerprint density at radius 1 is 1.40 bits per heavy atom. The fourth-order valence-corrected chi connectivity index (χ4v) is 1.73. The van der Waals surface area contributed by atoms with Gasteiger partial charge in [-0.15, -0.1) is 0 Å². The molecule has 1 amide bonds. The van der Waals surface area contributed by atoms with Gasteiger partial charge in [0.2, 0.25) is 0 Å². The highest BCUT2D eigenvalue weighted by Gasteiger charge is 2.23. The van der Waals surface area contributed by atoms with Gasteiger partial charge in [0.15, 0.2) is 0 Å². The third-order valence-electron chi connectivity index (χ3n) is 2.31. The molecule has 0 N–H and O–H groups in total. The van der Waals surface area contributed by atoms with E-state index in [4.69, 9.17) is 0 Å². The van der Waals surface area contributed by atoms with Crippen molar-refractivity contribution >= 4 is 33.2 Å². The van der Waals surface area contributed by atoms with Gasteiger partial charge in [-0.3, -0.25) is 4.79 Å². The number of carbonyl (C=O) groups is 1. The maximum absolute atomic E-state index is 11.6. The second kappa shape index (κ2) is 4.14. The van der Waals surface area contributed by atoms with Crippen molar-refractivity contribution in [3.05, 3.63) is 28.7 Å². The largest absolute Gasteiger partial charge is 0.272 e. The molecule has 1 aromatic carbocycles. The number of hydrazone groups is 1. The minimum atomic E-state index is 0.0502. The van der Waals surface area contributed by atoms with Gasteiger partial charge in [-0.2, -0.15) is 5.10 Å². The van der Waals surface area contributed by atoms with Gasteiger partial charge >= 0.3 is 0 Å². The van der Waals surface area contributed by atoms with Crippen molar-refractivity contribution in [3.8, 4) is 0 Å². The average Bonchev–Trinajstić information content (AvgIpc) is 2.61. The van der Waals surface area contributed by atoms with Crippen molar-refractivity contribution < 1.29 is 4.79 Å². The molecular formula is C11H11BrN2O. The fraction of sp³-hybridized carbons (Fsp3) is 0.273. The molecule has 0 saturated heterocycles.